The Morgan fingerprint density at radius 2 is 2.18 bits per heavy atom. The summed E-state index contributed by atoms with van der Waals surface area (Å²) in [6.45, 7) is 8.24. The summed E-state index contributed by atoms with van der Waals surface area (Å²) in [4.78, 5) is 0. The predicted molar refractivity (Wildman–Crippen MR) is 70.2 cm³/mol. The molecule has 0 atom stereocenters. The van der Waals surface area contributed by atoms with Crippen LogP contribution in [0, 0.1) is 12.8 Å². The van der Waals surface area contributed by atoms with Crippen molar-refractivity contribution in [3.8, 4) is 0 Å². The minimum Gasteiger partial charge on any atom is -0.409 e. The molecule has 0 saturated heterocycles. The van der Waals surface area contributed by atoms with E-state index in [9.17, 15) is 0 Å². The van der Waals surface area contributed by atoms with Gasteiger partial charge in [-0.1, -0.05) is 31.1 Å². The summed E-state index contributed by atoms with van der Waals surface area (Å²) in [5, 5.41) is 15.0. The van der Waals surface area contributed by atoms with Gasteiger partial charge in [-0.3, -0.25) is 0 Å². The summed E-state index contributed by atoms with van der Waals surface area (Å²) in [6, 6.07) is 5.81. The topological polar surface area (TPSA) is 70.6 Å². The largest absolute Gasteiger partial charge is 0.409 e. The standard InChI is InChI=1S/C13H21N3O/c1-9(2)7-15-8-12-5-4-11(6-10(12)3)13(14)16-17/h4-6,9,15,17H,7-8H2,1-3H3,(H2,14,16). The van der Waals surface area contributed by atoms with Crippen molar-refractivity contribution in [2.24, 2.45) is 16.8 Å². The van der Waals surface area contributed by atoms with Crippen molar-refractivity contribution < 1.29 is 5.21 Å². The van der Waals surface area contributed by atoms with Gasteiger partial charge in [0.15, 0.2) is 5.84 Å². The molecular weight excluding hydrogens is 214 g/mol. The lowest BCUT2D eigenvalue weighted by Crippen LogP contribution is -2.20. The maximum atomic E-state index is 8.60. The number of hydrogen-bond donors (Lipinski definition) is 3. The van der Waals surface area contributed by atoms with Crippen molar-refractivity contribution in [2.75, 3.05) is 6.54 Å². The summed E-state index contributed by atoms with van der Waals surface area (Å²) in [7, 11) is 0. The van der Waals surface area contributed by atoms with Crippen LogP contribution in [0.5, 0.6) is 0 Å². The second kappa shape index (κ2) is 6.25. The van der Waals surface area contributed by atoms with Crippen molar-refractivity contribution >= 4 is 5.84 Å². The van der Waals surface area contributed by atoms with Gasteiger partial charge in [0, 0.05) is 12.1 Å². The Kier molecular flexibility index (Phi) is 4.97. The van der Waals surface area contributed by atoms with Gasteiger partial charge in [-0.05, 0) is 36.6 Å². The molecule has 0 aliphatic carbocycles. The molecule has 0 saturated carbocycles. The van der Waals surface area contributed by atoms with Crippen LogP contribution in [-0.2, 0) is 6.54 Å². The smallest absolute Gasteiger partial charge is 0.170 e. The highest BCUT2D eigenvalue weighted by molar-refractivity contribution is 5.97. The second-order valence-corrected chi connectivity index (χ2v) is 4.65. The van der Waals surface area contributed by atoms with E-state index in [2.05, 4.69) is 24.3 Å². The third-order valence-corrected chi connectivity index (χ3v) is 2.61. The van der Waals surface area contributed by atoms with Gasteiger partial charge in [0.2, 0.25) is 0 Å². The molecule has 0 aliphatic heterocycles. The van der Waals surface area contributed by atoms with E-state index in [4.69, 9.17) is 10.9 Å². The molecule has 0 aliphatic rings. The van der Waals surface area contributed by atoms with Crippen LogP contribution in [-0.4, -0.2) is 17.6 Å². The molecule has 1 aromatic rings. The summed E-state index contributed by atoms with van der Waals surface area (Å²) in [5.41, 5.74) is 8.67. The third-order valence-electron chi connectivity index (χ3n) is 2.61. The van der Waals surface area contributed by atoms with Gasteiger partial charge in [0.05, 0.1) is 0 Å². The van der Waals surface area contributed by atoms with E-state index in [-0.39, 0.29) is 5.84 Å². The highest BCUT2D eigenvalue weighted by Crippen LogP contribution is 2.11. The quantitative estimate of drug-likeness (QED) is 0.315. The summed E-state index contributed by atoms with van der Waals surface area (Å²) in [5.74, 6) is 0.793. The van der Waals surface area contributed by atoms with Gasteiger partial charge in [-0.15, -0.1) is 0 Å². The zero-order valence-corrected chi connectivity index (χ0v) is 10.7. The highest BCUT2D eigenvalue weighted by Gasteiger charge is 2.03. The molecule has 0 amide bonds. The molecule has 1 aromatic carbocycles. The number of nitrogens with zero attached hydrogens (tertiary/aromatic N) is 1. The lowest BCUT2D eigenvalue weighted by Gasteiger charge is -2.10. The zero-order valence-electron chi connectivity index (χ0n) is 10.7. The lowest BCUT2D eigenvalue weighted by molar-refractivity contribution is 0.318. The van der Waals surface area contributed by atoms with E-state index in [0.29, 0.717) is 5.92 Å². The van der Waals surface area contributed by atoms with Gasteiger partial charge in [0.25, 0.3) is 0 Å². The van der Waals surface area contributed by atoms with E-state index in [1.807, 2.05) is 25.1 Å². The number of hydrogen-bond acceptors (Lipinski definition) is 3. The highest BCUT2D eigenvalue weighted by atomic mass is 16.4. The minimum absolute atomic E-state index is 0.148. The number of amidine groups is 1. The van der Waals surface area contributed by atoms with E-state index in [0.717, 1.165) is 24.2 Å². The molecule has 4 N–H and O–H groups in total. The average molecular weight is 235 g/mol. The van der Waals surface area contributed by atoms with Crippen molar-refractivity contribution in [3.63, 3.8) is 0 Å². The Labute approximate surface area is 103 Å². The fraction of sp³-hybridized carbons (Fsp3) is 0.462. The van der Waals surface area contributed by atoms with Crippen LogP contribution in [0.2, 0.25) is 0 Å². The third kappa shape index (κ3) is 4.07. The number of benzene rings is 1. The van der Waals surface area contributed by atoms with Crippen LogP contribution in [0.25, 0.3) is 0 Å². The molecule has 4 heteroatoms. The van der Waals surface area contributed by atoms with Gasteiger partial charge >= 0.3 is 0 Å². The van der Waals surface area contributed by atoms with Crippen LogP contribution in [0.1, 0.15) is 30.5 Å². The van der Waals surface area contributed by atoms with Crippen LogP contribution in [0.3, 0.4) is 0 Å². The van der Waals surface area contributed by atoms with E-state index in [1.54, 1.807) is 0 Å². The Bertz CT molecular complexity index is 400. The van der Waals surface area contributed by atoms with Gasteiger partial charge in [-0.2, -0.15) is 0 Å². The lowest BCUT2D eigenvalue weighted by atomic mass is 10.0. The summed E-state index contributed by atoms with van der Waals surface area (Å²) < 4.78 is 0. The molecule has 17 heavy (non-hydrogen) atoms. The molecule has 0 unspecified atom stereocenters. The first-order valence-corrected chi connectivity index (χ1v) is 5.82. The number of oxime groups is 1. The molecule has 0 aromatic heterocycles. The fourth-order valence-electron chi connectivity index (χ4n) is 1.61. The maximum absolute atomic E-state index is 8.60. The fourth-order valence-corrected chi connectivity index (χ4v) is 1.61. The number of rotatable bonds is 5. The van der Waals surface area contributed by atoms with Gasteiger partial charge in [0.1, 0.15) is 0 Å². The number of aryl methyl sites for hydroxylation is 1. The van der Waals surface area contributed by atoms with Crippen molar-refractivity contribution in [1.29, 1.82) is 0 Å². The van der Waals surface area contributed by atoms with Crippen molar-refractivity contribution in [2.45, 2.75) is 27.3 Å². The van der Waals surface area contributed by atoms with E-state index < -0.39 is 0 Å². The van der Waals surface area contributed by atoms with Crippen molar-refractivity contribution in [1.82, 2.24) is 5.32 Å². The van der Waals surface area contributed by atoms with Crippen LogP contribution in [0.15, 0.2) is 23.4 Å². The maximum Gasteiger partial charge on any atom is 0.170 e. The van der Waals surface area contributed by atoms with E-state index >= 15 is 0 Å². The molecule has 1 rings (SSSR count). The normalized spacial score (nSPS) is 12.1. The minimum atomic E-state index is 0.148. The molecule has 0 spiro atoms. The first-order chi connectivity index (χ1) is 8.04. The number of nitrogens with one attached hydrogen (secondary N) is 1. The number of nitrogens with two attached hydrogens (primary N) is 1. The zero-order chi connectivity index (χ0) is 12.8. The molecular formula is C13H21N3O. The van der Waals surface area contributed by atoms with Crippen LogP contribution < -0.4 is 11.1 Å². The molecule has 0 bridgehead atoms. The SMILES string of the molecule is Cc1cc(/C(N)=N/O)ccc1CNCC(C)C. The molecule has 0 heterocycles. The first kappa shape index (κ1) is 13.5. The summed E-state index contributed by atoms with van der Waals surface area (Å²) >= 11 is 0. The Balaban J connectivity index is 2.70. The summed E-state index contributed by atoms with van der Waals surface area (Å²) in [6.07, 6.45) is 0. The van der Waals surface area contributed by atoms with E-state index in [1.165, 1.54) is 5.56 Å². The molecule has 4 nitrogen and oxygen atoms in total. The molecule has 0 fully saturated rings. The monoisotopic (exact) mass is 235 g/mol. The Morgan fingerprint density at radius 3 is 2.71 bits per heavy atom. The van der Waals surface area contributed by atoms with Gasteiger partial charge in [-0.25, -0.2) is 0 Å². The predicted octanol–water partition coefficient (Wildman–Crippen LogP) is 1.84. The average Bonchev–Trinajstić information content (AvgIpc) is 2.29. The van der Waals surface area contributed by atoms with Crippen LogP contribution in [0.4, 0.5) is 0 Å². The molecule has 94 valence electrons. The second-order valence-electron chi connectivity index (χ2n) is 4.65. The Morgan fingerprint density at radius 1 is 1.47 bits per heavy atom. The van der Waals surface area contributed by atoms with Crippen molar-refractivity contribution in [3.05, 3.63) is 34.9 Å². The van der Waals surface area contributed by atoms with Crippen LogP contribution >= 0.6 is 0 Å². The van der Waals surface area contributed by atoms with Gasteiger partial charge < -0.3 is 16.3 Å². The molecule has 0 radical (unpaired) electrons. The first-order valence-electron chi connectivity index (χ1n) is 5.82. The Hall–Kier alpha value is -1.55.